The highest BCUT2D eigenvalue weighted by atomic mass is 35.5. The van der Waals surface area contributed by atoms with Crippen LogP contribution in [-0.4, -0.2) is 25.5 Å². The molecule has 1 aromatic carbocycles. The van der Waals surface area contributed by atoms with Gasteiger partial charge in [-0.1, -0.05) is 12.8 Å². The fraction of sp³-hybridized carbons (Fsp3) is 0.571. The fourth-order valence-corrected chi connectivity index (χ4v) is 1.82. The van der Waals surface area contributed by atoms with Crippen LogP contribution in [0.25, 0.3) is 0 Å². The van der Waals surface area contributed by atoms with Crippen LogP contribution >= 0.6 is 25.0 Å². The Morgan fingerprint density at radius 3 is 2.32 bits per heavy atom. The standard InChI is InChI=1S/C14H23NO2S.ClH/c1-16-13-6-8-14(9-7-13)17-10-4-2-3-5-12(15)11-18;/h6-9,12,18H,2-5,10-11,15H2,1H3;1H/t12-;/m1./s1. The average Bonchev–Trinajstić information content (AvgIpc) is 2.43. The predicted octanol–water partition coefficient (Wildman–Crippen LogP) is 3.31. The number of benzene rings is 1. The SMILES string of the molecule is COc1ccc(OCCCCC[C@@H](N)CS)cc1.Cl. The summed E-state index contributed by atoms with van der Waals surface area (Å²) in [6, 6.07) is 7.89. The van der Waals surface area contributed by atoms with E-state index in [9.17, 15) is 0 Å². The lowest BCUT2D eigenvalue weighted by Gasteiger charge is -2.09. The first-order valence-electron chi connectivity index (χ1n) is 6.39. The minimum Gasteiger partial charge on any atom is -0.497 e. The Labute approximate surface area is 127 Å². The van der Waals surface area contributed by atoms with Gasteiger partial charge in [0.15, 0.2) is 0 Å². The minimum absolute atomic E-state index is 0. The van der Waals surface area contributed by atoms with E-state index in [1.807, 2.05) is 24.3 Å². The lowest BCUT2D eigenvalue weighted by molar-refractivity contribution is 0.303. The maximum absolute atomic E-state index is 5.79. The largest absolute Gasteiger partial charge is 0.497 e. The number of thiol groups is 1. The molecule has 0 radical (unpaired) electrons. The van der Waals surface area contributed by atoms with Crippen molar-refractivity contribution in [3.05, 3.63) is 24.3 Å². The number of halogens is 1. The van der Waals surface area contributed by atoms with Crippen LogP contribution in [0.3, 0.4) is 0 Å². The molecule has 0 unspecified atom stereocenters. The molecule has 0 aliphatic rings. The van der Waals surface area contributed by atoms with Gasteiger partial charge in [-0.3, -0.25) is 0 Å². The van der Waals surface area contributed by atoms with Crippen molar-refractivity contribution in [2.24, 2.45) is 5.73 Å². The summed E-state index contributed by atoms with van der Waals surface area (Å²) in [6.07, 6.45) is 4.41. The van der Waals surface area contributed by atoms with E-state index in [0.717, 1.165) is 49.5 Å². The van der Waals surface area contributed by atoms with Crippen LogP contribution in [0, 0.1) is 0 Å². The molecule has 0 saturated carbocycles. The lowest BCUT2D eigenvalue weighted by Crippen LogP contribution is -2.21. The van der Waals surface area contributed by atoms with E-state index in [1.165, 1.54) is 0 Å². The van der Waals surface area contributed by atoms with Crippen molar-refractivity contribution in [1.29, 1.82) is 0 Å². The maximum Gasteiger partial charge on any atom is 0.119 e. The first-order valence-corrected chi connectivity index (χ1v) is 7.03. The molecule has 110 valence electrons. The highest BCUT2D eigenvalue weighted by Gasteiger charge is 1.99. The van der Waals surface area contributed by atoms with Gasteiger partial charge in [0.05, 0.1) is 13.7 Å². The molecule has 1 rings (SSSR count). The number of hydrogen-bond acceptors (Lipinski definition) is 4. The second-order valence-corrected chi connectivity index (χ2v) is 4.68. The molecule has 2 N–H and O–H groups in total. The molecular formula is C14H24ClNO2S. The van der Waals surface area contributed by atoms with Crippen LogP contribution < -0.4 is 15.2 Å². The number of ether oxygens (including phenoxy) is 2. The summed E-state index contributed by atoms with van der Waals surface area (Å²) >= 11 is 4.16. The maximum atomic E-state index is 5.79. The molecule has 0 aliphatic heterocycles. The predicted molar refractivity (Wildman–Crippen MR) is 86.0 cm³/mol. The molecule has 1 aromatic rings. The summed E-state index contributed by atoms with van der Waals surface area (Å²) in [6.45, 7) is 0.752. The third-order valence-corrected chi connectivity index (χ3v) is 3.25. The Balaban J connectivity index is 0.00000324. The molecule has 1 atom stereocenters. The molecular weight excluding hydrogens is 282 g/mol. The zero-order valence-electron chi connectivity index (χ0n) is 11.4. The summed E-state index contributed by atoms with van der Waals surface area (Å²) in [7, 11) is 1.66. The lowest BCUT2D eigenvalue weighted by atomic mass is 10.1. The Bertz CT molecular complexity index is 322. The van der Waals surface area contributed by atoms with Crippen molar-refractivity contribution in [2.45, 2.75) is 31.7 Å². The summed E-state index contributed by atoms with van der Waals surface area (Å²) in [4.78, 5) is 0. The quantitative estimate of drug-likeness (QED) is 0.543. The van der Waals surface area contributed by atoms with Gasteiger partial charge in [0.25, 0.3) is 0 Å². The van der Waals surface area contributed by atoms with Gasteiger partial charge in [-0.25, -0.2) is 0 Å². The smallest absolute Gasteiger partial charge is 0.119 e. The average molecular weight is 306 g/mol. The van der Waals surface area contributed by atoms with Gasteiger partial charge >= 0.3 is 0 Å². The van der Waals surface area contributed by atoms with E-state index in [1.54, 1.807) is 7.11 Å². The van der Waals surface area contributed by atoms with Crippen LogP contribution in [0.2, 0.25) is 0 Å². The van der Waals surface area contributed by atoms with Crippen molar-refractivity contribution in [2.75, 3.05) is 19.5 Å². The van der Waals surface area contributed by atoms with Gasteiger partial charge in [-0.15, -0.1) is 12.4 Å². The number of methoxy groups -OCH3 is 1. The Kier molecular flexibility index (Phi) is 10.9. The van der Waals surface area contributed by atoms with E-state index in [4.69, 9.17) is 15.2 Å². The van der Waals surface area contributed by atoms with Crippen molar-refractivity contribution >= 4 is 25.0 Å². The Morgan fingerprint density at radius 2 is 1.74 bits per heavy atom. The van der Waals surface area contributed by atoms with Gasteiger partial charge in [-0.05, 0) is 37.1 Å². The first-order chi connectivity index (χ1) is 8.76. The summed E-state index contributed by atoms with van der Waals surface area (Å²) in [5.41, 5.74) is 5.79. The molecule has 19 heavy (non-hydrogen) atoms. The monoisotopic (exact) mass is 305 g/mol. The third kappa shape index (κ3) is 8.24. The fourth-order valence-electron chi connectivity index (χ4n) is 1.64. The molecule has 0 fully saturated rings. The topological polar surface area (TPSA) is 44.5 Å². The summed E-state index contributed by atoms with van der Waals surface area (Å²) in [5.74, 6) is 2.51. The van der Waals surface area contributed by atoms with Gasteiger partial charge in [-0.2, -0.15) is 12.6 Å². The van der Waals surface area contributed by atoms with E-state index in [2.05, 4.69) is 12.6 Å². The molecule has 0 spiro atoms. The second-order valence-electron chi connectivity index (χ2n) is 4.32. The Hall–Kier alpha value is -0.580. The Morgan fingerprint density at radius 1 is 1.11 bits per heavy atom. The highest BCUT2D eigenvalue weighted by Crippen LogP contribution is 2.17. The number of unbranched alkanes of at least 4 members (excludes halogenated alkanes) is 2. The van der Waals surface area contributed by atoms with Crippen LogP contribution in [-0.2, 0) is 0 Å². The van der Waals surface area contributed by atoms with E-state index in [0.29, 0.717) is 0 Å². The summed E-state index contributed by atoms with van der Waals surface area (Å²) < 4.78 is 10.7. The third-order valence-electron chi connectivity index (χ3n) is 2.78. The molecule has 3 nitrogen and oxygen atoms in total. The van der Waals surface area contributed by atoms with Gasteiger partial charge < -0.3 is 15.2 Å². The van der Waals surface area contributed by atoms with E-state index >= 15 is 0 Å². The first kappa shape index (κ1) is 18.4. The van der Waals surface area contributed by atoms with Gasteiger partial charge in [0.2, 0.25) is 0 Å². The molecule has 0 aromatic heterocycles. The highest BCUT2D eigenvalue weighted by molar-refractivity contribution is 7.80. The van der Waals surface area contributed by atoms with Crippen LogP contribution in [0.15, 0.2) is 24.3 Å². The van der Waals surface area contributed by atoms with Crippen molar-refractivity contribution < 1.29 is 9.47 Å². The van der Waals surface area contributed by atoms with E-state index in [-0.39, 0.29) is 18.4 Å². The zero-order chi connectivity index (χ0) is 13.2. The normalized spacial score (nSPS) is 11.5. The van der Waals surface area contributed by atoms with Crippen LogP contribution in [0.1, 0.15) is 25.7 Å². The van der Waals surface area contributed by atoms with Crippen LogP contribution in [0.4, 0.5) is 0 Å². The molecule has 0 saturated heterocycles. The molecule has 0 bridgehead atoms. The molecule has 5 heteroatoms. The molecule has 0 heterocycles. The second kappa shape index (κ2) is 11.3. The van der Waals surface area contributed by atoms with Crippen molar-refractivity contribution in [3.8, 4) is 11.5 Å². The molecule has 0 aliphatic carbocycles. The van der Waals surface area contributed by atoms with Gasteiger partial charge in [0, 0.05) is 11.8 Å². The number of rotatable bonds is 9. The van der Waals surface area contributed by atoms with Crippen molar-refractivity contribution in [3.63, 3.8) is 0 Å². The summed E-state index contributed by atoms with van der Waals surface area (Å²) in [5, 5.41) is 0. The zero-order valence-corrected chi connectivity index (χ0v) is 13.1. The minimum atomic E-state index is 0. The number of hydrogen-bond donors (Lipinski definition) is 2. The number of nitrogens with two attached hydrogens (primary N) is 1. The van der Waals surface area contributed by atoms with Crippen LogP contribution in [0.5, 0.6) is 11.5 Å². The molecule has 0 amide bonds. The van der Waals surface area contributed by atoms with Crippen molar-refractivity contribution in [1.82, 2.24) is 0 Å². The van der Waals surface area contributed by atoms with Gasteiger partial charge in [0.1, 0.15) is 11.5 Å². The van der Waals surface area contributed by atoms with E-state index < -0.39 is 0 Å².